The molecule has 0 aromatic carbocycles. The second-order valence-electron chi connectivity index (χ2n) is 7.44. The zero-order valence-electron chi connectivity index (χ0n) is 14.9. The van der Waals surface area contributed by atoms with E-state index in [0.29, 0.717) is 31.1 Å². The molecule has 25 heavy (non-hydrogen) atoms. The molecule has 5 heterocycles. The number of rotatable bonds is 5. The number of ether oxygens (including phenoxy) is 1. The maximum Gasteiger partial charge on any atom is 0.227 e. The van der Waals surface area contributed by atoms with Crippen molar-refractivity contribution in [2.24, 2.45) is 11.8 Å². The first kappa shape index (κ1) is 16.9. The standard InChI is InChI=1S/C17H28N6O2/c1-18-9-14-10-23(20-19-14)11-15-8-13-2-3-22(15)12-16(13)17(24)21-4-6-25-7-5-21/h10,13,15-16,18H,2-9,11-12H2,1H3/t13-,15-,16+/m1/s1. The largest absolute Gasteiger partial charge is 0.378 e. The molecule has 0 radical (unpaired) electrons. The molecule has 8 heteroatoms. The number of carbonyl (C=O) groups excluding carboxylic acids is 1. The Labute approximate surface area is 148 Å². The normalized spacial score (nSPS) is 32.1. The molecule has 2 bridgehead atoms. The maximum absolute atomic E-state index is 12.9. The number of aromatic nitrogens is 3. The summed E-state index contributed by atoms with van der Waals surface area (Å²) in [5, 5.41) is 11.5. The molecular weight excluding hydrogens is 320 g/mol. The molecule has 4 saturated heterocycles. The van der Waals surface area contributed by atoms with Crippen LogP contribution in [-0.4, -0.2) is 83.2 Å². The average Bonchev–Trinajstić information content (AvgIpc) is 3.10. The maximum atomic E-state index is 12.9. The van der Waals surface area contributed by atoms with Crippen LogP contribution in [0.1, 0.15) is 18.5 Å². The lowest BCUT2D eigenvalue weighted by atomic mass is 9.75. The molecule has 1 aromatic rings. The van der Waals surface area contributed by atoms with Crippen LogP contribution in [0.4, 0.5) is 0 Å². The Hall–Kier alpha value is -1.51. The zero-order valence-corrected chi connectivity index (χ0v) is 14.9. The number of amides is 1. The fraction of sp³-hybridized carbons (Fsp3) is 0.824. The number of carbonyl (C=O) groups is 1. The summed E-state index contributed by atoms with van der Waals surface area (Å²) in [6.45, 7) is 6.45. The minimum atomic E-state index is 0.165. The summed E-state index contributed by atoms with van der Waals surface area (Å²) in [5.74, 6) is 1.01. The van der Waals surface area contributed by atoms with Crippen LogP contribution >= 0.6 is 0 Å². The highest BCUT2D eigenvalue weighted by atomic mass is 16.5. The van der Waals surface area contributed by atoms with E-state index in [-0.39, 0.29) is 5.92 Å². The third-order valence-electron chi connectivity index (χ3n) is 5.86. The van der Waals surface area contributed by atoms with Crippen LogP contribution in [-0.2, 0) is 22.6 Å². The first-order valence-electron chi connectivity index (χ1n) is 9.39. The number of nitrogens with zero attached hydrogens (tertiary/aromatic N) is 5. The molecule has 1 N–H and O–H groups in total. The average molecular weight is 348 g/mol. The van der Waals surface area contributed by atoms with Crippen molar-refractivity contribution in [3.8, 4) is 0 Å². The second-order valence-corrected chi connectivity index (χ2v) is 7.44. The van der Waals surface area contributed by atoms with Gasteiger partial charge in [0.1, 0.15) is 0 Å². The van der Waals surface area contributed by atoms with Gasteiger partial charge in [0.25, 0.3) is 0 Å². The van der Waals surface area contributed by atoms with Gasteiger partial charge in [-0.15, -0.1) is 5.10 Å². The number of nitrogens with one attached hydrogen (secondary N) is 1. The van der Waals surface area contributed by atoms with Crippen molar-refractivity contribution in [1.29, 1.82) is 0 Å². The lowest BCUT2D eigenvalue weighted by molar-refractivity contribution is -0.148. The van der Waals surface area contributed by atoms with Crippen molar-refractivity contribution < 1.29 is 9.53 Å². The monoisotopic (exact) mass is 348 g/mol. The predicted molar refractivity (Wildman–Crippen MR) is 91.8 cm³/mol. The van der Waals surface area contributed by atoms with E-state index in [1.165, 1.54) is 0 Å². The first-order chi connectivity index (χ1) is 12.2. The molecular formula is C17H28N6O2. The highest BCUT2D eigenvalue weighted by molar-refractivity contribution is 5.79. The molecule has 1 unspecified atom stereocenters. The van der Waals surface area contributed by atoms with Crippen LogP contribution in [0.3, 0.4) is 0 Å². The molecule has 138 valence electrons. The summed E-state index contributed by atoms with van der Waals surface area (Å²) >= 11 is 0. The zero-order chi connectivity index (χ0) is 17.2. The van der Waals surface area contributed by atoms with Crippen LogP contribution in [0.2, 0.25) is 0 Å². The highest BCUT2D eigenvalue weighted by Gasteiger charge is 2.44. The van der Waals surface area contributed by atoms with Gasteiger partial charge in [-0.3, -0.25) is 14.4 Å². The van der Waals surface area contributed by atoms with Crippen LogP contribution in [0.25, 0.3) is 0 Å². The van der Waals surface area contributed by atoms with E-state index in [1.54, 1.807) is 0 Å². The van der Waals surface area contributed by atoms with Crippen molar-refractivity contribution in [1.82, 2.24) is 30.1 Å². The van der Waals surface area contributed by atoms with Crippen molar-refractivity contribution >= 4 is 5.91 Å². The van der Waals surface area contributed by atoms with Gasteiger partial charge in [-0.05, 0) is 32.4 Å². The number of fused-ring (bicyclic) bond motifs is 3. The Kier molecular flexibility index (Phi) is 5.00. The summed E-state index contributed by atoms with van der Waals surface area (Å²) in [5.41, 5.74) is 0.971. The molecule has 0 aliphatic carbocycles. The smallest absolute Gasteiger partial charge is 0.227 e. The molecule has 8 nitrogen and oxygen atoms in total. The summed E-state index contributed by atoms with van der Waals surface area (Å²) in [7, 11) is 1.91. The molecule has 5 rings (SSSR count). The van der Waals surface area contributed by atoms with Gasteiger partial charge in [0.05, 0.1) is 31.4 Å². The van der Waals surface area contributed by atoms with E-state index in [9.17, 15) is 4.79 Å². The Balaban J connectivity index is 1.37. The van der Waals surface area contributed by atoms with Gasteiger partial charge in [-0.1, -0.05) is 5.21 Å². The molecule has 4 fully saturated rings. The molecule has 0 spiro atoms. The third kappa shape index (κ3) is 3.56. The number of piperidine rings is 3. The molecule has 4 atom stereocenters. The molecule has 0 saturated carbocycles. The second kappa shape index (κ2) is 7.39. The van der Waals surface area contributed by atoms with E-state index < -0.39 is 0 Å². The molecule has 4 aliphatic heterocycles. The van der Waals surface area contributed by atoms with Crippen LogP contribution in [0.15, 0.2) is 6.20 Å². The number of hydrogen-bond donors (Lipinski definition) is 1. The third-order valence-corrected chi connectivity index (χ3v) is 5.86. The summed E-state index contributed by atoms with van der Waals surface area (Å²) in [6, 6.07) is 0.469. The lowest BCUT2D eigenvalue weighted by Gasteiger charge is -2.50. The summed E-state index contributed by atoms with van der Waals surface area (Å²) < 4.78 is 7.33. The Bertz CT molecular complexity index is 600. The van der Waals surface area contributed by atoms with E-state index in [2.05, 4.69) is 20.5 Å². The quantitative estimate of drug-likeness (QED) is 0.778. The molecule has 4 aliphatic rings. The van der Waals surface area contributed by atoms with E-state index in [4.69, 9.17) is 4.74 Å². The van der Waals surface area contributed by atoms with Crippen LogP contribution < -0.4 is 5.32 Å². The molecule has 1 aromatic heterocycles. The number of morpholine rings is 1. The Morgan fingerprint density at radius 1 is 1.36 bits per heavy atom. The SMILES string of the molecule is CNCc1cn(C[C@H]2C[C@H]3CCN2C[C@@H]3C(=O)N2CCOCC2)nn1. The van der Waals surface area contributed by atoms with Gasteiger partial charge >= 0.3 is 0 Å². The van der Waals surface area contributed by atoms with E-state index in [1.807, 2.05) is 22.8 Å². The number of hydrogen-bond acceptors (Lipinski definition) is 6. The first-order valence-corrected chi connectivity index (χ1v) is 9.39. The van der Waals surface area contributed by atoms with Gasteiger partial charge in [0.15, 0.2) is 0 Å². The van der Waals surface area contributed by atoms with E-state index in [0.717, 1.165) is 57.8 Å². The topological polar surface area (TPSA) is 75.5 Å². The van der Waals surface area contributed by atoms with Gasteiger partial charge in [0.2, 0.25) is 5.91 Å². The lowest BCUT2D eigenvalue weighted by Crippen LogP contribution is -2.59. The fourth-order valence-electron chi connectivity index (χ4n) is 4.53. The highest BCUT2D eigenvalue weighted by Crippen LogP contribution is 2.37. The van der Waals surface area contributed by atoms with Crippen molar-refractivity contribution in [3.05, 3.63) is 11.9 Å². The Morgan fingerprint density at radius 3 is 2.92 bits per heavy atom. The van der Waals surface area contributed by atoms with Gasteiger partial charge < -0.3 is 15.0 Å². The predicted octanol–water partition coefficient (Wildman–Crippen LogP) is -0.433. The van der Waals surface area contributed by atoms with Gasteiger partial charge in [-0.2, -0.15) is 0 Å². The molecule has 1 amide bonds. The van der Waals surface area contributed by atoms with Gasteiger partial charge in [-0.25, -0.2) is 0 Å². The Morgan fingerprint density at radius 2 is 2.20 bits per heavy atom. The van der Waals surface area contributed by atoms with Crippen molar-refractivity contribution in [3.63, 3.8) is 0 Å². The summed E-state index contributed by atoms with van der Waals surface area (Å²) in [6.07, 6.45) is 4.25. The van der Waals surface area contributed by atoms with Crippen LogP contribution in [0.5, 0.6) is 0 Å². The van der Waals surface area contributed by atoms with Crippen LogP contribution in [0, 0.1) is 11.8 Å². The fourth-order valence-corrected chi connectivity index (χ4v) is 4.53. The minimum absolute atomic E-state index is 0.165. The van der Waals surface area contributed by atoms with E-state index >= 15 is 0 Å². The van der Waals surface area contributed by atoms with Crippen molar-refractivity contribution in [2.45, 2.75) is 32.0 Å². The van der Waals surface area contributed by atoms with Gasteiger partial charge in [0, 0.05) is 38.4 Å². The minimum Gasteiger partial charge on any atom is -0.378 e. The summed E-state index contributed by atoms with van der Waals surface area (Å²) in [4.78, 5) is 17.4. The van der Waals surface area contributed by atoms with Crippen molar-refractivity contribution in [2.75, 3.05) is 46.4 Å².